The van der Waals surface area contributed by atoms with E-state index in [2.05, 4.69) is 15.5 Å². The molecule has 66 valence electrons. The zero-order valence-corrected chi connectivity index (χ0v) is 8.14. The molecule has 0 atom stereocenters. The van der Waals surface area contributed by atoms with Gasteiger partial charge in [0.05, 0.1) is 0 Å². The van der Waals surface area contributed by atoms with Crippen LogP contribution in [0.3, 0.4) is 0 Å². The van der Waals surface area contributed by atoms with Crippen molar-refractivity contribution in [3.8, 4) is 0 Å². The van der Waals surface area contributed by atoms with Crippen molar-refractivity contribution in [2.24, 2.45) is 0 Å². The predicted octanol–water partition coefficient (Wildman–Crippen LogP) is 2.94. The van der Waals surface area contributed by atoms with Gasteiger partial charge in [0.15, 0.2) is 0 Å². The third kappa shape index (κ3) is 2.17. The number of anilines is 2. The van der Waals surface area contributed by atoms with Gasteiger partial charge in [0.25, 0.3) is 0 Å². The Morgan fingerprint density at radius 3 is 3.00 bits per heavy atom. The molecule has 0 radical (unpaired) electrons. The fourth-order valence-electron chi connectivity index (χ4n) is 0.917. The van der Waals surface area contributed by atoms with Gasteiger partial charge < -0.3 is 5.32 Å². The fraction of sp³-hybridized carbons (Fsp3) is 0. The number of benzene rings is 1. The van der Waals surface area contributed by atoms with Crippen LogP contribution >= 0.6 is 22.9 Å². The molecule has 0 saturated heterocycles. The lowest BCUT2D eigenvalue weighted by atomic mass is 10.3. The van der Waals surface area contributed by atoms with Gasteiger partial charge in [-0.1, -0.05) is 29.0 Å². The maximum absolute atomic E-state index is 5.81. The minimum Gasteiger partial charge on any atom is -0.330 e. The van der Waals surface area contributed by atoms with Crippen LogP contribution in [0.2, 0.25) is 5.02 Å². The second-order valence-electron chi connectivity index (χ2n) is 2.38. The van der Waals surface area contributed by atoms with Crippen molar-refractivity contribution in [1.29, 1.82) is 0 Å². The van der Waals surface area contributed by atoms with E-state index in [1.165, 1.54) is 11.3 Å². The number of hydrogen-bond acceptors (Lipinski definition) is 4. The lowest BCUT2D eigenvalue weighted by molar-refractivity contribution is 1.09. The van der Waals surface area contributed by atoms with Crippen LogP contribution < -0.4 is 5.32 Å². The number of nitrogens with zero attached hydrogens (tertiary/aromatic N) is 2. The largest absolute Gasteiger partial charge is 0.330 e. The number of aromatic nitrogens is 2. The molecule has 0 unspecified atom stereocenters. The van der Waals surface area contributed by atoms with E-state index < -0.39 is 0 Å². The zero-order valence-electron chi connectivity index (χ0n) is 6.57. The molecule has 0 saturated carbocycles. The first kappa shape index (κ1) is 8.47. The SMILES string of the molecule is Clc1cccc(Nc2nncs2)c1. The molecule has 0 aliphatic carbocycles. The van der Waals surface area contributed by atoms with E-state index in [4.69, 9.17) is 11.6 Å². The molecule has 5 heteroatoms. The fourth-order valence-corrected chi connectivity index (χ4v) is 1.57. The quantitative estimate of drug-likeness (QED) is 0.830. The number of hydrogen-bond donors (Lipinski definition) is 1. The van der Waals surface area contributed by atoms with Gasteiger partial charge in [0, 0.05) is 10.7 Å². The average Bonchev–Trinajstić information content (AvgIpc) is 2.57. The van der Waals surface area contributed by atoms with Gasteiger partial charge in [-0.05, 0) is 18.2 Å². The Hall–Kier alpha value is -1.13. The molecule has 2 rings (SSSR count). The highest BCUT2D eigenvalue weighted by molar-refractivity contribution is 7.13. The van der Waals surface area contributed by atoms with Gasteiger partial charge in [-0.15, -0.1) is 10.2 Å². The van der Waals surface area contributed by atoms with Crippen molar-refractivity contribution >= 4 is 33.8 Å². The van der Waals surface area contributed by atoms with Gasteiger partial charge in [0.2, 0.25) is 5.13 Å². The Bertz CT molecular complexity index is 388. The number of halogens is 1. The molecular formula is C8H6ClN3S. The summed E-state index contributed by atoms with van der Waals surface area (Å²) in [7, 11) is 0. The van der Waals surface area contributed by atoms with Crippen molar-refractivity contribution in [2.75, 3.05) is 5.32 Å². The van der Waals surface area contributed by atoms with Crippen molar-refractivity contribution in [3.05, 3.63) is 34.8 Å². The molecule has 3 nitrogen and oxygen atoms in total. The van der Waals surface area contributed by atoms with E-state index in [1.54, 1.807) is 5.51 Å². The van der Waals surface area contributed by atoms with E-state index in [0.29, 0.717) is 5.02 Å². The normalized spacial score (nSPS) is 9.92. The molecule has 1 aromatic heterocycles. The van der Waals surface area contributed by atoms with E-state index in [1.807, 2.05) is 24.3 Å². The van der Waals surface area contributed by atoms with E-state index in [9.17, 15) is 0 Å². The Morgan fingerprint density at radius 2 is 2.31 bits per heavy atom. The Morgan fingerprint density at radius 1 is 1.38 bits per heavy atom. The molecule has 0 aliphatic heterocycles. The highest BCUT2D eigenvalue weighted by Gasteiger charge is 1.97. The summed E-state index contributed by atoms with van der Waals surface area (Å²) in [5.41, 5.74) is 2.59. The molecule has 1 N–H and O–H groups in total. The van der Waals surface area contributed by atoms with Crippen LogP contribution in [0, 0.1) is 0 Å². The molecule has 0 amide bonds. The minimum absolute atomic E-state index is 0.703. The highest BCUT2D eigenvalue weighted by Crippen LogP contribution is 2.20. The Labute approximate surface area is 84.4 Å². The van der Waals surface area contributed by atoms with E-state index in [-0.39, 0.29) is 0 Å². The third-order valence-electron chi connectivity index (χ3n) is 1.44. The highest BCUT2D eigenvalue weighted by atomic mass is 35.5. The van der Waals surface area contributed by atoms with Crippen molar-refractivity contribution < 1.29 is 0 Å². The minimum atomic E-state index is 0.703. The second kappa shape index (κ2) is 3.72. The Balaban J connectivity index is 2.19. The van der Waals surface area contributed by atoms with Gasteiger partial charge in [-0.2, -0.15) is 0 Å². The van der Waals surface area contributed by atoms with Crippen molar-refractivity contribution in [2.45, 2.75) is 0 Å². The van der Waals surface area contributed by atoms with Gasteiger partial charge >= 0.3 is 0 Å². The summed E-state index contributed by atoms with van der Waals surface area (Å²) in [6.45, 7) is 0. The van der Waals surface area contributed by atoms with Crippen LogP contribution in [-0.2, 0) is 0 Å². The molecule has 13 heavy (non-hydrogen) atoms. The van der Waals surface area contributed by atoms with Crippen LogP contribution in [0.25, 0.3) is 0 Å². The lowest BCUT2D eigenvalue weighted by Crippen LogP contribution is -1.88. The Kier molecular flexibility index (Phi) is 2.42. The third-order valence-corrected chi connectivity index (χ3v) is 2.28. The summed E-state index contributed by atoms with van der Waals surface area (Å²) in [6.07, 6.45) is 0. The molecule has 0 bridgehead atoms. The van der Waals surface area contributed by atoms with Gasteiger partial charge in [-0.25, -0.2) is 0 Å². The standard InChI is InChI=1S/C8H6ClN3S/c9-6-2-1-3-7(4-6)11-8-12-10-5-13-8/h1-5H,(H,11,12). The summed E-state index contributed by atoms with van der Waals surface area (Å²) in [6, 6.07) is 7.47. The summed E-state index contributed by atoms with van der Waals surface area (Å²) < 4.78 is 0. The van der Waals surface area contributed by atoms with Crippen LogP contribution in [0.15, 0.2) is 29.8 Å². The van der Waals surface area contributed by atoms with Crippen LogP contribution in [0.4, 0.5) is 10.8 Å². The predicted molar refractivity (Wildman–Crippen MR) is 54.6 cm³/mol. The first-order chi connectivity index (χ1) is 6.34. The van der Waals surface area contributed by atoms with Gasteiger partial charge in [0.1, 0.15) is 5.51 Å². The molecular weight excluding hydrogens is 206 g/mol. The van der Waals surface area contributed by atoms with Crippen LogP contribution in [-0.4, -0.2) is 10.2 Å². The first-order valence-corrected chi connectivity index (χ1v) is 4.89. The maximum atomic E-state index is 5.81. The molecule has 0 aliphatic rings. The zero-order chi connectivity index (χ0) is 9.10. The van der Waals surface area contributed by atoms with Crippen molar-refractivity contribution in [3.63, 3.8) is 0 Å². The molecule has 1 heterocycles. The number of nitrogens with one attached hydrogen (secondary N) is 1. The molecule has 2 aromatic rings. The maximum Gasteiger partial charge on any atom is 0.209 e. The molecule has 0 fully saturated rings. The van der Waals surface area contributed by atoms with E-state index >= 15 is 0 Å². The van der Waals surface area contributed by atoms with Gasteiger partial charge in [-0.3, -0.25) is 0 Å². The van der Waals surface area contributed by atoms with Crippen LogP contribution in [0.1, 0.15) is 0 Å². The van der Waals surface area contributed by atoms with E-state index in [0.717, 1.165) is 10.8 Å². The second-order valence-corrected chi connectivity index (χ2v) is 3.65. The summed E-state index contributed by atoms with van der Waals surface area (Å²) in [5, 5.41) is 12.1. The monoisotopic (exact) mass is 211 g/mol. The summed E-state index contributed by atoms with van der Waals surface area (Å²) in [4.78, 5) is 0. The lowest BCUT2D eigenvalue weighted by Gasteiger charge is -2.00. The molecule has 0 spiro atoms. The summed E-state index contributed by atoms with van der Waals surface area (Å²) >= 11 is 7.26. The first-order valence-electron chi connectivity index (χ1n) is 3.63. The number of rotatable bonds is 2. The van der Waals surface area contributed by atoms with Crippen molar-refractivity contribution in [1.82, 2.24) is 10.2 Å². The molecule has 1 aromatic carbocycles. The topological polar surface area (TPSA) is 37.8 Å². The van der Waals surface area contributed by atoms with Crippen LogP contribution in [0.5, 0.6) is 0 Å². The summed E-state index contributed by atoms with van der Waals surface area (Å²) in [5.74, 6) is 0. The average molecular weight is 212 g/mol. The smallest absolute Gasteiger partial charge is 0.209 e.